The molecule has 0 saturated carbocycles. The minimum Gasteiger partial charge on any atom is -0.369 e. The third-order valence-electron chi connectivity index (χ3n) is 1.75. The number of aliphatic imine (C=N–C) groups is 1. The molecule has 1 unspecified atom stereocenters. The second-order valence-corrected chi connectivity index (χ2v) is 2.85. The normalized spacial score (nSPS) is 21.4. The van der Waals surface area contributed by atoms with Gasteiger partial charge < -0.3 is 16.4 Å². The molecule has 0 aromatic carbocycles. The van der Waals surface area contributed by atoms with Crippen LogP contribution in [0.4, 0.5) is 4.79 Å². The lowest BCUT2D eigenvalue weighted by atomic mass is 10.2. The summed E-state index contributed by atoms with van der Waals surface area (Å²) in [4.78, 5) is 14.5. The number of hydrogen-bond acceptors (Lipinski definition) is 3. The Hall–Kier alpha value is -1.26. The van der Waals surface area contributed by atoms with Gasteiger partial charge in [-0.2, -0.15) is 0 Å². The molecular formula is C7H14N4O. The van der Waals surface area contributed by atoms with Crippen molar-refractivity contribution < 1.29 is 4.79 Å². The van der Waals surface area contributed by atoms with Crippen LogP contribution in [0.5, 0.6) is 0 Å². The van der Waals surface area contributed by atoms with Crippen molar-refractivity contribution in [2.45, 2.75) is 19.4 Å². The van der Waals surface area contributed by atoms with Crippen LogP contribution in [0.2, 0.25) is 0 Å². The monoisotopic (exact) mass is 170 g/mol. The van der Waals surface area contributed by atoms with E-state index < -0.39 is 6.03 Å². The number of nitrogens with one attached hydrogen (secondary N) is 2. The van der Waals surface area contributed by atoms with Crippen LogP contribution in [0, 0.1) is 0 Å². The van der Waals surface area contributed by atoms with Gasteiger partial charge in [-0.3, -0.25) is 4.99 Å². The Balaban J connectivity index is 2.06. The van der Waals surface area contributed by atoms with E-state index >= 15 is 0 Å². The van der Waals surface area contributed by atoms with E-state index in [-0.39, 0.29) is 0 Å². The molecule has 2 amide bonds. The Morgan fingerprint density at radius 2 is 2.67 bits per heavy atom. The summed E-state index contributed by atoms with van der Waals surface area (Å²) in [5.41, 5.74) is 4.91. The molecule has 12 heavy (non-hydrogen) atoms. The SMILES string of the molecule is CC1=NCC(CCNC(N)=O)N1. The van der Waals surface area contributed by atoms with Crippen molar-refractivity contribution in [3.05, 3.63) is 0 Å². The number of rotatable bonds is 3. The zero-order valence-electron chi connectivity index (χ0n) is 7.13. The molecule has 0 radical (unpaired) electrons. The molecule has 5 heteroatoms. The average Bonchev–Trinajstić information content (AvgIpc) is 2.35. The number of carbonyl (C=O) groups is 1. The Labute approximate surface area is 71.4 Å². The van der Waals surface area contributed by atoms with Gasteiger partial charge in [-0.1, -0.05) is 0 Å². The number of primary amides is 1. The van der Waals surface area contributed by atoms with Crippen molar-refractivity contribution in [3.63, 3.8) is 0 Å². The first-order chi connectivity index (χ1) is 5.68. The number of nitrogens with zero attached hydrogens (tertiary/aromatic N) is 1. The summed E-state index contributed by atoms with van der Waals surface area (Å²) < 4.78 is 0. The lowest BCUT2D eigenvalue weighted by molar-refractivity contribution is 0.248. The lowest BCUT2D eigenvalue weighted by Gasteiger charge is -2.09. The molecule has 0 saturated heterocycles. The highest BCUT2D eigenvalue weighted by Gasteiger charge is 2.13. The van der Waals surface area contributed by atoms with Crippen LogP contribution in [0.25, 0.3) is 0 Å². The van der Waals surface area contributed by atoms with Gasteiger partial charge in [0.1, 0.15) is 0 Å². The maximum absolute atomic E-state index is 10.3. The minimum absolute atomic E-state index is 0.358. The molecule has 1 aliphatic heterocycles. The van der Waals surface area contributed by atoms with Crippen molar-refractivity contribution in [2.24, 2.45) is 10.7 Å². The molecule has 0 fully saturated rings. The molecule has 0 spiro atoms. The average molecular weight is 170 g/mol. The van der Waals surface area contributed by atoms with Crippen molar-refractivity contribution in [1.82, 2.24) is 10.6 Å². The van der Waals surface area contributed by atoms with Gasteiger partial charge in [-0.05, 0) is 13.3 Å². The fourth-order valence-corrected chi connectivity index (χ4v) is 1.17. The largest absolute Gasteiger partial charge is 0.369 e. The van der Waals surface area contributed by atoms with Gasteiger partial charge in [-0.25, -0.2) is 4.79 Å². The van der Waals surface area contributed by atoms with Crippen LogP contribution in [0.1, 0.15) is 13.3 Å². The van der Waals surface area contributed by atoms with Crippen LogP contribution >= 0.6 is 0 Å². The molecule has 1 atom stereocenters. The number of nitrogens with two attached hydrogens (primary N) is 1. The number of urea groups is 1. The van der Waals surface area contributed by atoms with E-state index in [1.165, 1.54) is 0 Å². The summed E-state index contributed by atoms with van der Waals surface area (Å²) in [7, 11) is 0. The molecule has 0 aliphatic carbocycles. The Bertz CT molecular complexity index is 202. The number of amidine groups is 1. The topological polar surface area (TPSA) is 79.5 Å². The Kier molecular flexibility index (Phi) is 2.90. The predicted octanol–water partition coefficient (Wildman–Crippen LogP) is -0.565. The molecule has 5 nitrogen and oxygen atoms in total. The number of hydrogen-bond donors (Lipinski definition) is 3. The van der Waals surface area contributed by atoms with Gasteiger partial charge in [-0.15, -0.1) is 0 Å². The Morgan fingerprint density at radius 3 is 3.17 bits per heavy atom. The summed E-state index contributed by atoms with van der Waals surface area (Å²) in [5.74, 6) is 0.971. The molecule has 0 bridgehead atoms. The third-order valence-corrected chi connectivity index (χ3v) is 1.75. The molecule has 68 valence electrons. The van der Waals surface area contributed by atoms with E-state index in [9.17, 15) is 4.79 Å². The van der Waals surface area contributed by atoms with Crippen molar-refractivity contribution >= 4 is 11.9 Å². The first-order valence-electron chi connectivity index (χ1n) is 3.99. The summed E-state index contributed by atoms with van der Waals surface area (Å²) in [6, 6.07) is -0.109. The number of carbonyl (C=O) groups excluding carboxylic acids is 1. The molecule has 1 heterocycles. The van der Waals surface area contributed by atoms with E-state index in [1.807, 2.05) is 6.92 Å². The van der Waals surface area contributed by atoms with Gasteiger partial charge in [0.2, 0.25) is 0 Å². The van der Waals surface area contributed by atoms with E-state index in [0.717, 1.165) is 18.8 Å². The molecule has 4 N–H and O–H groups in total. The van der Waals surface area contributed by atoms with Gasteiger partial charge in [0, 0.05) is 12.6 Å². The van der Waals surface area contributed by atoms with Gasteiger partial charge in [0.25, 0.3) is 0 Å². The van der Waals surface area contributed by atoms with Crippen molar-refractivity contribution in [2.75, 3.05) is 13.1 Å². The van der Waals surface area contributed by atoms with Gasteiger partial charge in [0.05, 0.1) is 12.4 Å². The Morgan fingerprint density at radius 1 is 1.92 bits per heavy atom. The smallest absolute Gasteiger partial charge is 0.312 e. The molecular weight excluding hydrogens is 156 g/mol. The van der Waals surface area contributed by atoms with Crippen LogP contribution in [-0.4, -0.2) is 31.0 Å². The van der Waals surface area contributed by atoms with Gasteiger partial charge >= 0.3 is 6.03 Å². The maximum atomic E-state index is 10.3. The van der Waals surface area contributed by atoms with Crippen LogP contribution in [0.15, 0.2) is 4.99 Å². The molecule has 0 aromatic heterocycles. The van der Waals surface area contributed by atoms with E-state index in [4.69, 9.17) is 5.73 Å². The van der Waals surface area contributed by atoms with E-state index in [2.05, 4.69) is 15.6 Å². The fourth-order valence-electron chi connectivity index (χ4n) is 1.17. The van der Waals surface area contributed by atoms with Crippen molar-refractivity contribution in [1.29, 1.82) is 0 Å². The van der Waals surface area contributed by atoms with Gasteiger partial charge in [0.15, 0.2) is 0 Å². The highest BCUT2D eigenvalue weighted by Crippen LogP contribution is 1.98. The molecule has 1 rings (SSSR count). The predicted molar refractivity (Wildman–Crippen MR) is 47.1 cm³/mol. The zero-order chi connectivity index (χ0) is 8.97. The maximum Gasteiger partial charge on any atom is 0.312 e. The van der Waals surface area contributed by atoms with E-state index in [1.54, 1.807) is 0 Å². The first kappa shape index (κ1) is 8.83. The summed E-state index contributed by atoms with van der Waals surface area (Å²) >= 11 is 0. The first-order valence-corrected chi connectivity index (χ1v) is 3.99. The second-order valence-electron chi connectivity index (χ2n) is 2.85. The van der Waals surface area contributed by atoms with Crippen LogP contribution in [-0.2, 0) is 0 Å². The van der Waals surface area contributed by atoms with E-state index in [0.29, 0.717) is 12.6 Å². The minimum atomic E-state index is -0.467. The van der Waals surface area contributed by atoms with Crippen molar-refractivity contribution in [3.8, 4) is 0 Å². The quantitative estimate of drug-likeness (QED) is 0.530. The summed E-state index contributed by atoms with van der Waals surface area (Å²) in [5, 5.41) is 5.72. The summed E-state index contributed by atoms with van der Waals surface area (Å²) in [6.45, 7) is 3.34. The number of amides is 2. The second kappa shape index (κ2) is 3.94. The summed E-state index contributed by atoms with van der Waals surface area (Å²) in [6.07, 6.45) is 0.865. The highest BCUT2D eigenvalue weighted by atomic mass is 16.2. The third kappa shape index (κ3) is 2.77. The fraction of sp³-hybridized carbons (Fsp3) is 0.714. The highest BCUT2D eigenvalue weighted by molar-refractivity contribution is 5.81. The van der Waals surface area contributed by atoms with Crippen LogP contribution < -0.4 is 16.4 Å². The standard InChI is InChI=1S/C7H14N4O/c1-5-10-4-6(11-5)2-3-9-7(8)12/h6H,2-4H2,1H3,(H,10,11)(H3,8,9,12). The molecule has 0 aromatic rings. The lowest BCUT2D eigenvalue weighted by Crippen LogP contribution is -2.36. The zero-order valence-corrected chi connectivity index (χ0v) is 7.13. The molecule has 1 aliphatic rings. The van der Waals surface area contributed by atoms with Crippen LogP contribution in [0.3, 0.4) is 0 Å².